The van der Waals surface area contributed by atoms with Crippen molar-refractivity contribution >= 4 is 11.8 Å². The van der Waals surface area contributed by atoms with Crippen LogP contribution in [0.1, 0.15) is 40.5 Å². The standard InChI is InChI=1S/C16H22N4O4/c1-10-12(15(23)19-24-10)14(22)18-9-16(2,3)8-17-13(21)11-6-5-7-20(11)4/h5-7H,8-9H2,1-4H3,(H,17,21)(H,18,22)(H,19,23). The predicted molar refractivity (Wildman–Crippen MR) is 87.9 cm³/mol. The number of carbonyl (C=O) groups is 2. The van der Waals surface area contributed by atoms with Crippen LogP contribution in [0, 0.1) is 12.3 Å². The molecule has 2 aromatic heterocycles. The van der Waals surface area contributed by atoms with Crippen LogP contribution in [-0.2, 0) is 7.05 Å². The van der Waals surface area contributed by atoms with E-state index >= 15 is 0 Å². The van der Waals surface area contributed by atoms with Gasteiger partial charge in [-0.25, -0.2) is 0 Å². The number of aromatic nitrogens is 2. The molecule has 8 heteroatoms. The molecule has 2 heterocycles. The molecule has 130 valence electrons. The van der Waals surface area contributed by atoms with Gasteiger partial charge >= 0.3 is 0 Å². The molecule has 0 spiro atoms. The minimum Gasteiger partial charge on any atom is -0.383 e. The summed E-state index contributed by atoms with van der Waals surface area (Å²) in [4.78, 5) is 35.7. The van der Waals surface area contributed by atoms with E-state index in [0.717, 1.165) is 0 Å². The van der Waals surface area contributed by atoms with Gasteiger partial charge < -0.3 is 19.7 Å². The molecule has 0 saturated heterocycles. The maximum atomic E-state index is 12.1. The number of carbonyl (C=O) groups excluding carboxylic acids is 2. The van der Waals surface area contributed by atoms with Crippen molar-refractivity contribution in [3.8, 4) is 0 Å². The molecule has 0 bridgehead atoms. The highest BCUT2D eigenvalue weighted by Gasteiger charge is 2.23. The maximum absolute atomic E-state index is 12.1. The fraction of sp³-hybridized carbons (Fsp3) is 0.438. The van der Waals surface area contributed by atoms with Gasteiger partial charge in [0.05, 0.1) is 0 Å². The number of nitrogens with one attached hydrogen (secondary N) is 3. The Labute approximate surface area is 139 Å². The summed E-state index contributed by atoms with van der Waals surface area (Å²) in [5, 5.41) is 7.68. The molecule has 2 rings (SSSR count). The first-order valence-corrected chi connectivity index (χ1v) is 7.57. The summed E-state index contributed by atoms with van der Waals surface area (Å²) >= 11 is 0. The normalized spacial score (nSPS) is 11.3. The molecular formula is C16H22N4O4. The van der Waals surface area contributed by atoms with E-state index in [9.17, 15) is 14.4 Å². The summed E-state index contributed by atoms with van der Waals surface area (Å²) in [7, 11) is 1.80. The van der Waals surface area contributed by atoms with E-state index < -0.39 is 11.5 Å². The number of hydrogen-bond acceptors (Lipinski definition) is 4. The van der Waals surface area contributed by atoms with Crippen molar-refractivity contribution in [2.45, 2.75) is 20.8 Å². The average molecular weight is 334 g/mol. The SMILES string of the molecule is Cc1o[nH]c(=O)c1C(=O)NCC(C)(C)CNC(=O)c1cccn1C. The number of aryl methyl sites for hydroxylation is 2. The molecule has 24 heavy (non-hydrogen) atoms. The molecule has 2 amide bonds. The molecule has 0 unspecified atom stereocenters. The van der Waals surface area contributed by atoms with E-state index in [1.807, 2.05) is 13.8 Å². The first kappa shape index (κ1) is 17.6. The van der Waals surface area contributed by atoms with Gasteiger partial charge in [-0.2, -0.15) is 5.16 Å². The van der Waals surface area contributed by atoms with Crippen molar-refractivity contribution in [2.75, 3.05) is 13.1 Å². The third-order valence-electron chi connectivity index (χ3n) is 3.73. The van der Waals surface area contributed by atoms with Crippen LogP contribution >= 0.6 is 0 Å². The quantitative estimate of drug-likeness (QED) is 0.726. The lowest BCUT2D eigenvalue weighted by atomic mass is 9.93. The van der Waals surface area contributed by atoms with Crippen LogP contribution in [0.2, 0.25) is 0 Å². The van der Waals surface area contributed by atoms with Crippen molar-refractivity contribution in [1.29, 1.82) is 0 Å². The second kappa shape index (κ2) is 6.77. The molecule has 0 saturated carbocycles. The summed E-state index contributed by atoms with van der Waals surface area (Å²) in [6, 6.07) is 3.53. The number of hydrogen-bond donors (Lipinski definition) is 3. The molecule has 0 fully saturated rings. The topological polar surface area (TPSA) is 109 Å². The first-order chi connectivity index (χ1) is 11.2. The lowest BCUT2D eigenvalue weighted by Crippen LogP contribution is -2.43. The minimum atomic E-state index is -0.556. The van der Waals surface area contributed by atoms with Gasteiger partial charge in [0.25, 0.3) is 17.4 Å². The monoisotopic (exact) mass is 334 g/mol. The van der Waals surface area contributed by atoms with E-state index in [1.165, 1.54) is 6.92 Å². The third kappa shape index (κ3) is 3.95. The van der Waals surface area contributed by atoms with Crippen LogP contribution in [0.4, 0.5) is 0 Å². The van der Waals surface area contributed by atoms with Gasteiger partial charge in [-0.3, -0.25) is 14.4 Å². The molecule has 0 aliphatic carbocycles. The summed E-state index contributed by atoms with van der Waals surface area (Å²) in [5.74, 6) is -0.430. The summed E-state index contributed by atoms with van der Waals surface area (Å²) < 4.78 is 6.56. The van der Waals surface area contributed by atoms with Gasteiger partial charge in [0.15, 0.2) is 0 Å². The van der Waals surface area contributed by atoms with Crippen molar-refractivity contribution in [3.05, 3.63) is 45.7 Å². The fourth-order valence-corrected chi connectivity index (χ4v) is 2.23. The van der Waals surface area contributed by atoms with Crippen LogP contribution < -0.4 is 16.2 Å². The Hall–Kier alpha value is -2.77. The zero-order valence-corrected chi connectivity index (χ0v) is 14.2. The van der Waals surface area contributed by atoms with Gasteiger partial charge in [0, 0.05) is 26.3 Å². The molecular weight excluding hydrogens is 312 g/mol. The Morgan fingerprint density at radius 1 is 1.25 bits per heavy atom. The van der Waals surface area contributed by atoms with Crippen molar-refractivity contribution in [3.63, 3.8) is 0 Å². The molecule has 0 atom stereocenters. The Kier molecular flexibility index (Phi) is 4.96. The number of aromatic amines is 1. The van der Waals surface area contributed by atoms with Gasteiger partial charge in [0.1, 0.15) is 17.0 Å². The Balaban J connectivity index is 1.89. The van der Waals surface area contributed by atoms with Gasteiger partial charge in [-0.1, -0.05) is 13.8 Å². The fourth-order valence-electron chi connectivity index (χ4n) is 2.23. The zero-order valence-electron chi connectivity index (χ0n) is 14.2. The highest BCUT2D eigenvalue weighted by Crippen LogP contribution is 2.13. The smallest absolute Gasteiger partial charge is 0.293 e. The van der Waals surface area contributed by atoms with E-state index in [2.05, 4.69) is 15.8 Å². The number of nitrogens with zero attached hydrogens (tertiary/aromatic N) is 1. The maximum Gasteiger partial charge on any atom is 0.293 e. The lowest BCUT2D eigenvalue weighted by molar-refractivity contribution is 0.0914. The number of amides is 2. The third-order valence-corrected chi connectivity index (χ3v) is 3.73. The molecule has 0 aromatic carbocycles. The molecule has 0 aliphatic heterocycles. The van der Waals surface area contributed by atoms with Crippen molar-refractivity contribution < 1.29 is 14.1 Å². The summed E-state index contributed by atoms with van der Waals surface area (Å²) in [6.07, 6.45) is 1.80. The first-order valence-electron chi connectivity index (χ1n) is 7.57. The van der Waals surface area contributed by atoms with E-state index in [4.69, 9.17) is 4.52 Å². The van der Waals surface area contributed by atoms with E-state index in [0.29, 0.717) is 18.8 Å². The second-order valence-electron chi connectivity index (χ2n) is 6.50. The van der Waals surface area contributed by atoms with Crippen LogP contribution in [0.5, 0.6) is 0 Å². The average Bonchev–Trinajstić information content (AvgIpc) is 3.08. The molecule has 0 radical (unpaired) electrons. The molecule has 3 N–H and O–H groups in total. The molecule has 0 aliphatic rings. The highest BCUT2D eigenvalue weighted by molar-refractivity contribution is 5.94. The summed E-state index contributed by atoms with van der Waals surface area (Å²) in [5.41, 5.74) is -0.408. The minimum absolute atomic E-state index is 0.0290. The van der Waals surface area contributed by atoms with Crippen LogP contribution in [-0.4, -0.2) is 34.6 Å². The van der Waals surface area contributed by atoms with Crippen LogP contribution in [0.25, 0.3) is 0 Å². The van der Waals surface area contributed by atoms with Gasteiger partial charge in [-0.15, -0.1) is 0 Å². The largest absolute Gasteiger partial charge is 0.383 e. The highest BCUT2D eigenvalue weighted by atomic mass is 16.5. The lowest BCUT2D eigenvalue weighted by Gasteiger charge is -2.25. The van der Waals surface area contributed by atoms with E-state index in [-0.39, 0.29) is 22.6 Å². The molecule has 8 nitrogen and oxygen atoms in total. The van der Waals surface area contributed by atoms with Crippen molar-refractivity contribution in [1.82, 2.24) is 20.4 Å². The number of rotatable bonds is 6. The van der Waals surface area contributed by atoms with Crippen molar-refractivity contribution in [2.24, 2.45) is 12.5 Å². The predicted octanol–water partition coefficient (Wildman–Crippen LogP) is 0.801. The molecule has 2 aromatic rings. The zero-order chi connectivity index (χ0) is 17.9. The Bertz CT molecular complexity index is 797. The van der Waals surface area contributed by atoms with Crippen LogP contribution in [0.3, 0.4) is 0 Å². The Morgan fingerprint density at radius 3 is 2.38 bits per heavy atom. The summed E-state index contributed by atoms with van der Waals surface area (Å²) in [6.45, 7) is 6.02. The Morgan fingerprint density at radius 2 is 1.88 bits per heavy atom. The van der Waals surface area contributed by atoms with E-state index in [1.54, 1.807) is 29.9 Å². The van der Waals surface area contributed by atoms with Gasteiger partial charge in [0.2, 0.25) is 0 Å². The van der Waals surface area contributed by atoms with Crippen LogP contribution in [0.15, 0.2) is 27.6 Å². The van der Waals surface area contributed by atoms with Gasteiger partial charge in [-0.05, 0) is 24.5 Å². The second-order valence-corrected chi connectivity index (χ2v) is 6.50. The number of H-pyrrole nitrogens is 1.